The van der Waals surface area contributed by atoms with Crippen LogP contribution in [0, 0.1) is 29.6 Å². The smallest absolute Gasteiger partial charge is 0.232 e. The second-order valence-electron chi connectivity index (χ2n) is 20.1. The molecule has 11 amide bonds. The number of likely N-dealkylation sites (tertiary alicyclic amines) is 1. The maximum atomic E-state index is 10.8. The highest BCUT2D eigenvalue weighted by Crippen LogP contribution is 2.16. The van der Waals surface area contributed by atoms with Gasteiger partial charge in [0.2, 0.25) is 65.0 Å². The number of nitrogens with one attached hydrogen (secondary N) is 9. The molecule has 1 heterocycles. The minimum atomic E-state index is -0.448. The van der Waals surface area contributed by atoms with Crippen molar-refractivity contribution in [2.75, 3.05) is 84.6 Å². The van der Waals surface area contributed by atoms with E-state index < -0.39 is 11.8 Å². The van der Waals surface area contributed by atoms with E-state index in [9.17, 15) is 86.3 Å². The molecule has 1 saturated heterocycles. The number of hydrogen-bond acceptors (Lipinski definition) is 20. The van der Waals surface area contributed by atoms with Gasteiger partial charge in [-0.2, -0.15) is 0 Å². The lowest BCUT2D eigenvalue weighted by atomic mass is 10.0. The van der Waals surface area contributed by atoms with Crippen molar-refractivity contribution in [1.29, 1.82) is 0 Å². The van der Waals surface area contributed by atoms with Crippen molar-refractivity contribution in [2.45, 2.75) is 167 Å². The van der Waals surface area contributed by atoms with Gasteiger partial charge in [-0.15, -0.1) is 0 Å². The number of Topliss-reactive ketones (excluding diaryl/α,β-unsaturated/α-hetero) is 7. The SMILES string of the molecule is CC(=O)CCC(C)=O.CC1CC(=O)N(C)C1=O.CNC.CNC.CNC(=O)C(C)CC(C)=O.CNC(=O)C(C)CC(N)=O.CNC(=O)CC(C)C(C)=O.CNC(=O)CC(C)C(N)=O.CNC(=O)CCC(C)=O.CNC(=O)CCC(C)=O.CNC(=O)CCC(C)=O. The van der Waals surface area contributed by atoms with Crippen molar-refractivity contribution in [2.24, 2.45) is 41.1 Å². The lowest BCUT2D eigenvalue weighted by molar-refractivity contribution is -0.138. The highest BCUT2D eigenvalue weighted by atomic mass is 16.2. The minimum Gasteiger partial charge on any atom is -0.370 e. The van der Waals surface area contributed by atoms with Crippen LogP contribution < -0.4 is 59.3 Å². The van der Waals surface area contributed by atoms with Crippen LogP contribution in [0.4, 0.5) is 0 Å². The Morgan fingerprint density at radius 2 is 0.644 bits per heavy atom. The fraction of sp³-hybridized carbons (Fsp3) is 0.700. The summed E-state index contributed by atoms with van der Waals surface area (Å²) in [5.74, 6) is -2.40. The van der Waals surface area contributed by atoms with Crippen molar-refractivity contribution < 1.29 is 86.3 Å². The van der Waals surface area contributed by atoms with E-state index in [2.05, 4.69) is 47.9 Å². The minimum absolute atomic E-state index is 0.0519. The number of nitrogens with zero attached hydrogens (tertiary/aromatic N) is 1. The fourth-order valence-electron chi connectivity index (χ4n) is 4.95. The Kier molecular flexibility index (Phi) is 80.8. The van der Waals surface area contributed by atoms with Crippen LogP contribution in [0.25, 0.3) is 0 Å². The molecule has 5 atom stereocenters. The Labute approximate surface area is 535 Å². The topological polar surface area (TPSA) is 471 Å². The van der Waals surface area contributed by atoms with Crippen LogP contribution in [0.1, 0.15) is 167 Å². The van der Waals surface area contributed by atoms with Crippen LogP contribution in [-0.2, 0) is 86.3 Å². The molecule has 0 spiro atoms. The number of rotatable bonds is 24. The van der Waals surface area contributed by atoms with E-state index in [4.69, 9.17) is 11.5 Å². The number of carbonyl (C=O) groups is 18. The zero-order valence-electron chi connectivity index (χ0n) is 58.5. The fourth-order valence-corrected chi connectivity index (χ4v) is 4.95. The van der Waals surface area contributed by atoms with Crippen LogP contribution in [-0.4, -0.2) is 195 Å². The molecule has 0 bridgehead atoms. The van der Waals surface area contributed by atoms with E-state index in [1.807, 2.05) is 28.2 Å². The summed E-state index contributed by atoms with van der Waals surface area (Å²) in [6.07, 6.45) is 4.07. The average molecular weight is 1290 g/mol. The van der Waals surface area contributed by atoms with E-state index >= 15 is 0 Å². The first-order valence-electron chi connectivity index (χ1n) is 28.9. The summed E-state index contributed by atoms with van der Waals surface area (Å²) in [5, 5.41) is 22.6. The standard InChI is InChI=1S/2C7H13NO2.2C6H12N2O2.C6H9NO2.3C6H11NO2.C6H10O2.2C2H7N/c1-5(6(2)9)4-7(10)8-3;1-5(4-6(2)9)7(10)8-3;1-4(6(7)10)3-5(9)8-2;1-4(3-5(7)9)6(10)8-2;1-4-3-5(8)7(2)6(4)9;3*1-5(8)3-4-6(9)7-2;1-5(7)3-4-6(2)8;2*1-3-2/h2*5H,4H2,1-3H3,(H,8,10);4H,3H2,1-2H3,(H2,7,10)(H,8,9);4H,3H2,1-2H3,(H2,7,9)(H,8,10);4H,3H2,1-2H3;3*3-4H2,1-2H3,(H,7,9);3-4H2,1-2H3;2*3H,1-2H3. The molecule has 90 heavy (non-hydrogen) atoms. The molecule has 1 aliphatic rings. The van der Waals surface area contributed by atoms with E-state index in [-0.39, 0.29) is 136 Å². The predicted molar refractivity (Wildman–Crippen MR) is 345 cm³/mol. The number of carbonyl (C=O) groups excluding carboxylic acids is 18. The normalized spacial score (nSPS) is 12.0. The summed E-state index contributed by atoms with van der Waals surface area (Å²) in [5.41, 5.74) is 9.79. The number of amides is 11. The Hall–Kier alpha value is -8.02. The van der Waals surface area contributed by atoms with Gasteiger partial charge in [-0.1, -0.05) is 34.6 Å². The molecule has 1 fully saturated rings. The van der Waals surface area contributed by atoms with E-state index in [0.717, 1.165) is 0 Å². The summed E-state index contributed by atoms with van der Waals surface area (Å²) >= 11 is 0. The molecule has 1 aliphatic heterocycles. The van der Waals surface area contributed by atoms with Crippen molar-refractivity contribution in [3.8, 4) is 0 Å². The van der Waals surface area contributed by atoms with Gasteiger partial charge in [0.15, 0.2) is 0 Å². The second kappa shape index (κ2) is 70.1. The molecule has 0 aromatic heterocycles. The first-order chi connectivity index (χ1) is 41.4. The van der Waals surface area contributed by atoms with Gasteiger partial charge in [0, 0.05) is 169 Å². The molecule has 524 valence electrons. The molecule has 0 radical (unpaired) electrons. The number of imide groups is 1. The van der Waals surface area contributed by atoms with Crippen molar-refractivity contribution in [3.63, 3.8) is 0 Å². The maximum Gasteiger partial charge on any atom is 0.232 e. The third kappa shape index (κ3) is 91.2. The molecule has 0 aliphatic carbocycles. The van der Waals surface area contributed by atoms with Gasteiger partial charge < -0.3 is 88.1 Å². The van der Waals surface area contributed by atoms with Crippen molar-refractivity contribution >= 4 is 105 Å². The van der Waals surface area contributed by atoms with Crippen LogP contribution in [0.2, 0.25) is 0 Å². The molecular formula is C60H116N12O18. The molecule has 13 N–H and O–H groups in total. The van der Waals surface area contributed by atoms with Crippen molar-refractivity contribution in [1.82, 2.24) is 52.8 Å². The molecule has 0 aromatic rings. The number of nitrogens with two attached hydrogens (primary N) is 2. The summed E-state index contributed by atoms with van der Waals surface area (Å²) in [6.45, 7) is 18.9. The van der Waals surface area contributed by atoms with Crippen molar-refractivity contribution in [3.05, 3.63) is 0 Å². The van der Waals surface area contributed by atoms with E-state index in [1.54, 1.807) is 69.9 Å². The van der Waals surface area contributed by atoms with Gasteiger partial charge in [-0.25, -0.2) is 0 Å². The van der Waals surface area contributed by atoms with Gasteiger partial charge in [-0.05, 0) is 76.7 Å². The Morgan fingerprint density at radius 1 is 0.389 bits per heavy atom. The first kappa shape index (κ1) is 104. The largest absolute Gasteiger partial charge is 0.370 e. The number of hydrogen-bond donors (Lipinski definition) is 11. The maximum absolute atomic E-state index is 10.8. The quantitative estimate of drug-likeness (QED) is 0.0572. The molecule has 30 nitrogen and oxygen atoms in total. The van der Waals surface area contributed by atoms with E-state index in [1.165, 1.54) is 74.5 Å². The van der Waals surface area contributed by atoms with Gasteiger partial charge in [0.1, 0.15) is 40.5 Å². The monoisotopic (exact) mass is 1290 g/mol. The average Bonchev–Trinajstić information content (AvgIpc) is 2.42. The van der Waals surface area contributed by atoms with Crippen LogP contribution in [0.5, 0.6) is 0 Å². The third-order valence-corrected chi connectivity index (χ3v) is 10.6. The third-order valence-electron chi connectivity index (χ3n) is 10.6. The van der Waals surface area contributed by atoms with Gasteiger partial charge in [-0.3, -0.25) is 62.4 Å². The zero-order valence-corrected chi connectivity index (χ0v) is 58.5. The van der Waals surface area contributed by atoms with Crippen LogP contribution in [0.15, 0.2) is 0 Å². The second-order valence-corrected chi connectivity index (χ2v) is 20.1. The number of ketones is 7. The Balaban J connectivity index is -0.0000000989. The molecule has 5 unspecified atom stereocenters. The van der Waals surface area contributed by atoms with Crippen LogP contribution >= 0.6 is 0 Å². The van der Waals surface area contributed by atoms with Gasteiger partial charge in [0.05, 0.1) is 0 Å². The Bertz CT molecular complexity index is 2020. The molecule has 30 heteroatoms. The molecule has 0 aromatic carbocycles. The van der Waals surface area contributed by atoms with Gasteiger partial charge >= 0.3 is 0 Å². The Morgan fingerprint density at radius 3 is 0.811 bits per heavy atom. The first-order valence-corrected chi connectivity index (χ1v) is 28.9. The zero-order chi connectivity index (χ0) is 73.4. The highest BCUT2D eigenvalue weighted by molar-refractivity contribution is 6.03. The lowest BCUT2D eigenvalue weighted by Crippen LogP contribution is -2.28. The van der Waals surface area contributed by atoms with E-state index in [0.29, 0.717) is 70.6 Å². The summed E-state index contributed by atoms with van der Waals surface area (Å²) in [6, 6.07) is 0. The molecule has 1 rings (SSSR count). The van der Waals surface area contributed by atoms with Gasteiger partial charge in [0.25, 0.3) is 0 Å². The van der Waals surface area contributed by atoms with Crippen LogP contribution in [0.3, 0.4) is 0 Å². The highest BCUT2D eigenvalue weighted by Gasteiger charge is 2.32. The summed E-state index contributed by atoms with van der Waals surface area (Å²) in [4.78, 5) is 190. The lowest BCUT2D eigenvalue weighted by Gasteiger charge is -2.05. The molecule has 0 saturated carbocycles. The molecular weight excluding hydrogens is 1180 g/mol. The number of primary amides is 2. The predicted octanol–water partition coefficient (Wildman–Crippen LogP) is 0.115. The summed E-state index contributed by atoms with van der Waals surface area (Å²) < 4.78 is 0. The summed E-state index contributed by atoms with van der Waals surface area (Å²) in [7, 11) is 19.9.